The lowest BCUT2D eigenvalue weighted by Crippen LogP contribution is -2.34. The second-order valence-corrected chi connectivity index (χ2v) is 6.94. The van der Waals surface area contributed by atoms with Crippen LogP contribution in [-0.2, 0) is 23.1 Å². The molecule has 0 bridgehead atoms. The summed E-state index contributed by atoms with van der Waals surface area (Å²) >= 11 is 0. The molecule has 0 spiro atoms. The minimum atomic E-state index is -3.17. The number of ether oxygens (including phenoxy) is 1. The van der Waals surface area contributed by atoms with Crippen LogP contribution in [0.3, 0.4) is 0 Å². The first-order valence-corrected chi connectivity index (χ1v) is 6.75. The molecule has 0 saturated carbocycles. The summed E-state index contributed by atoms with van der Waals surface area (Å²) in [7, 11) is -0.533. The summed E-state index contributed by atoms with van der Waals surface area (Å²) in [5, 5.41) is 0. The molecule has 1 unspecified atom stereocenters. The Morgan fingerprint density at radius 3 is 1.94 bits per heavy atom. The van der Waals surface area contributed by atoms with Crippen molar-refractivity contribution in [3.63, 3.8) is 0 Å². The summed E-state index contributed by atoms with van der Waals surface area (Å²) in [6.07, 6.45) is -0.445. The third-order valence-corrected chi connectivity index (χ3v) is 4.11. The Morgan fingerprint density at radius 2 is 1.69 bits per heavy atom. The van der Waals surface area contributed by atoms with Crippen LogP contribution in [-0.4, -0.2) is 32.5 Å². The van der Waals surface area contributed by atoms with Crippen molar-refractivity contribution in [2.75, 3.05) is 20.4 Å². The van der Waals surface area contributed by atoms with Crippen LogP contribution in [0.1, 0.15) is 27.7 Å². The minimum absolute atomic E-state index is 0.0586. The van der Waals surface area contributed by atoms with E-state index in [9.17, 15) is 9.36 Å². The van der Waals surface area contributed by atoms with E-state index < -0.39 is 19.7 Å². The highest BCUT2D eigenvalue weighted by Crippen LogP contribution is 2.49. The molecule has 0 aromatic heterocycles. The van der Waals surface area contributed by atoms with Crippen molar-refractivity contribution in [2.45, 2.75) is 33.8 Å². The largest absolute Gasteiger partial charge is 0.461 e. The molecular weight excluding hydrogens is 231 g/mol. The lowest BCUT2D eigenvalue weighted by Gasteiger charge is -2.31. The van der Waals surface area contributed by atoms with Gasteiger partial charge in [0.1, 0.15) is 6.10 Å². The zero-order valence-corrected chi connectivity index (χ0v) is 11.7. The van der Waals surface area contributed by atoms with Crippen molar-refractivity contribution < 1.29 is 23.1 Å². The molecule has 6 heteroatoms. The third kappa shape index (κ3) is 5.10. The first-order valence-electron chi connectivity index (χ1n) is 5.02. The van der Waals surface area contributed by atoms with Gasteiger partial charge in [0, 0.05) is 21.1 Å². The van der Waals surface area contributed by atoms with Crippen LogP contribution in [0.2, 0.25) is 0 Å². The molecule has 0 N–H and O–H groups in total. The average Bonchev–Trinajstić information content (AvgIpc) is 2.14. The van der Waals surface area contributed by atoms with Crippen LogP contribution in [0.4, 0.5) is 0 Å². The quantitative estimate of drug-likeness (QED) is 0.555. The molecule has 0 aliphatic rings. The number of rotatable bonds is 5. The van der Waals surface area contributed by atoms with Gasteiger partial charge >= 0.3 is 13.6 Å². The van der Waals surface area contributed by atoms with Crippen molar-refractivity contribution in [1.29, 1.82) is 0 Å². The highest BCUT2D eigenvalue weighted by Gasteiger charge is 2.36. The van der Waals surface area contributed by atoms with E-state index in [1.807, 2.05) is 20.8 Å². The topological polar surface area (TPSA) is 61.8 Å². The van der Waals surface area contributed by atoms with Crippen molar-refractivity contribution in [3.05, 3.63) is 0 Å². The van der Waals surface area contributed by atoms with E-state index in [2.05, 4.69) is 0 Å². The maximum absolute atomic E-state index is 12.0. The molecule has 16 heavy (non-hydrogen) atoms. The SMILES string of the molecule is COP(=O)(CC(OC(C)=O)C(C)(C)C)OC. The van der Waals surface area contributed by atoms with E-state index in [1.165, 1.54) is 21.1 Å². The molecule has 1 atom stereocenters. The van der Waals surface area contributed by atoms with E-state index in [4.69, 9.17) is 13.8 Å². The van der Waals surface area contributed by atoms with Gasteiger partial charge in [-0.25, -0.2) is 0 Å². The maximum Gasteiger partial charge on any atom is 0.333 e. The van der Waals surface area contributed by atoms with Gasteiger partial charge in [-0.05, 0) is 5.41 Å². The molecule has 0 heterocycles. The highest BCUT2D eigenvalue weighted by atomic mass is 31.2. The third-order valence-electron chi connectivity index (χ3n) is 2.22. The van der Waals surface area contributed by atoms with Crippen LogP contribution < -0.4 is 0 Å². The second-order valence-electron chi connectivity index (χ2n) is 4.62. The summed E-state index contributed by atoms with van der Waals surface area (Å²) in [4.78, 5) is 11.0. The fourth-order valence-corrected chi connectivity index (χ4v) is 2.59. The van der Waals surface area contributed by atoms with Gasteiger partial charge in [0.2, 0.25) is 0 Å². The smallest absolute Gasteiger partial charge is 0.333 e. The number of carbonyl (C=O) groups is 1. The molecule has 5 nitrogen and oxygen atoms in total. The van der Waals surface area contributed by atoms with E-state index in [0.29, 0.717) is 0 Å². The summed E-state index contributed by atoms with van der Waals surface area (Å²) in [5.74, 6) is -0.404. The average molecular weight is 252 g/mol. The fraction of sp³-hybridized carbons (Fsp3) is 0.900. The van der Waals surface area contributed by atoms with Crippen LogP contribution in [0, 0.1) is 5.41 Å². The first kappa shape index (κ1) is 15.6. The summed E-state index contributed by atoms with van der Waals surface area (Å²) < 4.78 is 26.8. The predicted molar refractivity (Wildman–Crippen MR) is 61.5 cm³/mol. The second kappa shape index (κ2) is 5.80. The van der Waals surface area contributed by atoms with E-state index in [0.717, 1.165) is 0 Å². The van der Waals surface area contributed by atoms with Gasteiger partial charge in [0.25, 0.3) is 0 Å². The van der Waals surface area contributed by atoms with Crippen molar-refractivity contribution in [3.8, 4) is 0 Å². The van der Waals surface area contributed by atoms with Gasteiger partial charge in [0.05, 0.1) is 6.16 Å². The summed E-state index contributed by atoms with van der Waals surface area (Å²) in [6, 6.07) is 0. The molecule has 0 saturated heterocycles. The van der Waals surface area contributed by atoms with Crippen molar-refractivity contribution in [2.24, 2.45) is 5.41 Å². The number of carbonyl (C=O) groups excluding carboxylic acids is 1. The van der Waals surface area contributed by atoms with Gasteiger partial charge in [-0.3, -0.25) is 9.36 Å². The van der Waals surface area contributed by atoms with Crippen LogP contribution in [0.25, 0.3) is 0 Å². The first-order chi connectivity index (χ1) is 7.14. The van der Waals surface area contributed by atoms with Crippen LogP contribution >= 0.6 is 7.60 Å². The molecule has 0 fully saturated rings. The number of hydrogen-bond donors (Lipinski definition) is 0. The van der Waals surface area contributed by atoms with E-state index in [1.54, 1.807) is 0 Å². The lowest BCUT2D eigenvalue weighted by molar-refractivity contribution is -0.150. The Balaban J connectivity index is 4.80. The lowest BCUT2D eigenvalue weighted by atomic mass is 9.90. The van der Waals surface area contributed by atoms with Crippen LogP contribution in [0.5, 0.6) is 0 Å². The molecule has 0 radical (unpaired) electrons. The Kier molecular flexibility index (Phi) is 5.66. The molecule has 0 aliphatic carbocycles. The molecular formula is C10H21O5P. The highest BCUT2D eigenvalue weighted by molar-refractivity contribution is 7.53. The van der Waals surface area contributed by atoms with E-state index in [-0.39, 0.29) is 11.6 Å². The molecule has 0 aliphatic heterocycles. The van der Waals surface area contributed by atoms with Crippen molar-refractivity contribution >= 4 is 13.6 Å². The van der Waals surface area contributed by atoms with Gasteiger partial charge < -0.3 is 13.8 Å². The van der Waals surface area contributed by atoms with Gasteiger partial charge in [0.15, 0.2) is 0 Å². The Morgan fingerprint density at radius 1 is 1.25 bits per heavy atom. The minimum Gasteiger partial charge on any atom is -0.461 e. The maximum atomic E-state index is 12.0. The van der Waals surface area contributed by atoms with E-state index >= 15 is 0 Å². The molecule has 0 aromatic carbocycles. The Bertz CT molecular complexity index is 273. The molecule has 0 amide bonds. The predicted octanol–water partition coefficient (Wildman–Crippen LogP) is 2.45. The van der Waals surface area contributed by atoms with Crippen molar-refractivity contribution in [1.82, 2.24) is 0 Å². The molecule has 96 valence electrons. The number of esters is 1. The summed E-state index contributed by atoms with van der Waals surface area (Å²) in [6.45, 7) is 7.02. The normalized spacial score (nSPS) is 14.6. The van der Waals surface area contributed by atoms with Gasteiger partial charge in [-0.1, -0.05) is 20.8 Å². The monoisotopic (exact) mass is 252 g/mol. The fourth-order valence-electron chi connectivity index (χ4n) is 1.11. The van der Waals surface area contributed by atoms with Gasteiger partial charge in [-0.2, -0.15) is 0 Å². The Hall–Kier alpha value is -0.380. The standard InChI is InChI=1S/C10H21O5P/c1-8(11)15-9(10(2,3)4)7-16(12,13-5)14-6/h9H,7H2,1-6H3. The molecule has 0 aromatic rings. The summed E-state index contributed by atoms with van der Waals surface area (Å²) in [5.41, 5.74) is -0.321. The Labute approximate surface area is 97.0 Å². The van der Waals surface area contributed by atoms with Gasteiger partial charge in [-0.15, -0.1) is 0 Å². The number of hydrogen-bond acceptors (Lipinski definition) is 5. The molecule has 0 rings (SSSR count). The zero-order chi connectivity index (χ0) is 13.0. The zero-order valence-electron chi connectivity index (χ0n) is 10.8. The van der Waals surface area contributed by atoms with Crippen LogP contribution in [0.15, 0.2) is 0 Å².